The molecular weight excluding hydrogens is 346 g/mol. The van der Waals surface area contributed by atoms with Crippen LogP contribution in [0, 0.1) is 19.8 Å². The van der Waals surface area contributed by atoms with Crippen LogP contribution in [-0.2, 0) is 14.3 Å². The van der Waals surface area contributed by atoms with E-state index in [1.165, 1.54) is 0 Å². The van der Waals surface area contributed by atoms with Gasteiger partial charge in [0.15, 0.2) is 5.89 Å². The van der Waals surface area contributed by atoms with E-state index in [1.807, 2.05) is 4.90 Å². The molecule has 26 heavy (non-hydrogen) atoms. The van der Waals surface area contributed by atoms with Crippen LogP contribution >= 0.6 is 0 Å². The molecule has 0 saturated carbocycles. The average molecular weight is 369 g/mol. The van der Waals surface area contributed by atoms with E-state index in [9.17, 15) is 9.59 Å². The van der Waals surface area contributed by atoms with E-state index < -0.39 is 5.97 Å². The summed E-state index contributed by atoms with van der Waals surface area (Å²) in [6.07, 6.45) is 0. The third kappa shape index (κ3) is 4.79. The first-order valence-corrected chi connectivity index (χ1v) is 8.20. The summed E-state index contributed by atoms with van der Waals surface area (Å²) in [5, 5.41) is 15.9. The van der Waals surface area contributed by atoms with E-state index in [-0.39, 0.29) is 36.6 Å². The van der Waals surface area contributed by atoms with Crippen molar-refractivity contribution in [3.63, 3.8) is 0 Å². The molecule has 2 fully saturated rings. The zero-order valence-corrected chi connectivity index (χ0v) is 14.8. The van der Waals surface area contributed by atoms with E-state index >= 15 is 0 Å². The first kappa shape index (κ1) is 19.9. The van der Waals surface area contributed by atoms with Crippen molar-refractivity contribution >= 4 is 18.3 Å². The van der Waals surface area contributed by atoms with Crippen LogP contribution in [0.15, 0.2) is 4.42 Å². The molecule has 2 aliphatic heterocycles. The maximum Gasteiger partial charge on any atom is 0.317 e. The lowest BCUT2D eigenvalue weighted by Crippen LogP contribution is -2.47. The molecule has 2 N–H and O–H groups in total. The van der Waals surface area contributed by atoms with E-state index in [0.717, 1.165) is 0 Å². The number of rotatable bonds is 3. The fourth-order valence-corrected chi connectivity index (χ4v) is 3.37. The topological polar surface area (TPSA) is 133 Å². The van der Waals surface area contributed by atoms with Crippen LogP contribution < -0.4 is 0 Å². The summed E-state index contributed by atoms with van der Waals surface area (Å²) in [4.78, 5) is 40.0. The Balaban J connectivity index is 0.000000758. The number of aryl methyl sites for hydroxylation is 2. The fraction of sp³-hybridized carbons (Fsp3) is 0.625. The average Bonchev–Trinajstić information content (AvgIpc) is 2.70. The minimum absolute atomic E-state index is 0.0184. The van der Waals surface area contributed by atoms with Gasteiger partial charge in [0.05, 0.1) is 31.5 Å². The highest BCUT2D eigenvalue weighted by molar-refractivity contribution is 5.92. The summed E-state index contributed by atoms with van der Waals surface area (Å²) in [5.74, 6) is -0.228. The highest BCUT2D eigenvalue weighted by atomic mass is 16.5. The van der Waals surface area contributed by atoms with Gasteiger partial charge in [-0.1, -0.05) is 0 Å². The van der Waals surface area contributed by atoms with E-state index in [4.69, 9.17) is 24.2 Å². The van der Waals surface area contributed by atoms with Crippen LogP contribution in [0.1, 0.15) is 22.1 Å². The Labute approximate surface area is 150 Å². The van der Waals surface area contributed by atoms with Gasteiger partial charge in [0.2, 0.25) is 5.76 Å². The predicted octanol–water partition coefficient (Wildman–Crippen LogP) is -0.150. The Hall–Kier alpha value is -2.46. The second kappa shape index (κ2) is 8.77. The molecule has 2 bridgehead atoms. The van der Waals surface area contributed by atoms with Gasteiger partial charge in [-0.25, -0.2) is 4.98 Å². The summed E-state index contributed by atoms with van der Waals surface area (Å²) < 4.78 is 11.1. The minimum atomic E-state index is -0.856. The van der Waals surface area contributed by atoms with Crippen LogP contribution in [0.3, 0.4) is 0 Å². The third-order valence-electron chi connectivity index (χ3n) is 4.26. The molecule has 0 unspecified atom stereocenters. The minimum Gasteiger partial charge on any atom is -0.483 e. The number of amides is 1. The van der Waals surface area contributed by atoms with Crippen molar-refractivity contribution in [2.45, 2.75) is 19.9 Å². The lowest BCUT2D eigenvalue weighted by atomic mass is 10.1. The quantitative estimate of drug-likeness (QED) is 0.698. The molecule has 1 aromatic heterocycles. The fourth-order valence-electron chi connectivity index (χ4n) is 3.37. The number of carbonyl (C=O) groups excluding carboxylic acids is 1. The molecule has 1 amide bonds. The standard InChI is InChI=1S/C15H21N3O5.CH2O2/c1-9-14(23-10(2)16-9)15(21)18-4-11-3-17(6-13(19)20)5-12(18)8-22-7-11;2-1-3/h11-12H,3-8H2,1-2H3,(H,19,20);1H,(H,2,3)/t11-,12-;/m0./s1. The molecule has 144 valence electrons. The first-order chi connectivity index (χ1) is 12.3. The molecule has 10 heteroatoms. The molecule has 0 radical (unpaired) electrons. The van der Waals surface area contributed by atoms with Crippen LogP contribution in [-0.4, -0.2) is 88.8 Å². The molecule has 0 spiro atoms. The van der Waals surface area contributed by atoms with Gasteiger partial charge in [-0.05, 0) is 6.92 Å². The van der Waals surface area contributed by atoms with Crippen LogP contribution in [0.5, 0.6) is 0 Å². The number of aliphatic carboxylic acids is 1. The number of carboxylic acids is 1. The molecule has 10 nitrogen and oxygen atoms in total. The number of carboxylic acid groups (broad SMARTS) is 2. The second-order valence-corrected chi connectivity index (χ2v) is 6.36. The number of aromatic nitrogens is 1. The number of hydrogen-bond acceptors (Lipinski definition) is 7. The lowest BCUT2D eigenvalue weighted by Gasteiger charge is -2.30. The largest absolute Gasteiger partial charge is 0.483 e. The van der Waals surface area contributed by atoms with Crippen LogP contribution in [0.4, 0.5) is 0 Å². The Kier molecular flexibility index (Phi) is 6.70. The van der Waals surface area contributed by atoms with Gasteiger partial charge in [0.25, 0.3) is 12.4 Å². The molecular formula is C16H23N3O7. The predicted molar refractivity (Wildman–Crippen MR) is 87.9 cm³/mol. The van der Waals surface area contributed by atoms with Gasteiger partial charge in [0, 0.05) is 32.5 Å². The van der Waals surface area contributed by atoms with Crippen molar-refractivity contribution in [3.05, 3.63) is 17.3 Å². The maximum absolute atomic E-state index is 12.9. The summed E-state index contributed by atoms with van der Waals surface area (Å²) in [7, 11) is 0. The zero-order chi connectivity index (χ0) is 19.3. The number of hydrogen-bond donors (Lipinski definition) is 2. The van der Waals surface area contributed by atoms with Crippen molar-refractivity contribution in [2.75, 3.05) is 39.4 Å². The second-order valence-electron chi connectivity index (χ2n) is 6.36. The molecule has 3 heterocycles. The van der Waals surface area contributed by atoms with Crippen molar-refractivity contribution in [1.82, 2.24) is 14.8 Å². The summed E-state index contributed by atoms with van der Waals surface area (Å²) in [5.41, 5.74) is 0.578. The lowest BCUT2D eigenvalue weighted by molar-refractivity contribution is -0.138. The maximum atomic E-state index is 12.9. The highest BCUT2D eigenvalue weighted by Crippen LogP contribution is 2.23. The molecule has 2 atom stereocenters. The monoisotopic (exact) mass is 369 g/mol. The highest BCUT2D eigenvalue weighted by Gasteiger charge is 2.38. The zero-order valence-electron chi connectivity index (χ0n) is 14.8. The molecule has 3 rings (SSSR count). The summed E-state index contributed by atoms with van der Waals surface area (Å²) in [6, 6.07) is -0.181. The number of fused-ring (bicyclic) bond motifs is 3. The van der Waals surface area contributed by atoms with Gasteiger partial charge in [-0.2, -0.15) is 0 Å². The van der Waals surface area contributed by atoms with Gasteiger partial charge in [-0.15, -0.1) is 0 Å². The van der Waals surface area contributed by atoms with Gasteiger partial charge < -0.3 is 24.3 Å². The number of ether oxygens (including phenoxy) is 1. The van der Waals surface area contributed by atoms with Crippen molar-refractivity contribution in [3.8, 4) is 0 Å². The summed E-state index contributed by atoms with van der Waals surface area (Å²) >= 11 is 0. The Morgan fingerprint density at radius 3 is 2.54 bits per heavy atom. The number of oxazole rings is 1. The van der Waals surface area contributed by atoms with E-state index in [1.54, 1.807) is 18.7 Å². The molecule has 0 aromatic carbocycles. The van der Waals surface area contributed by atoms with Crippen LogP contribution in [0.25, 0.3) is 0 Å². The number of carbonyl (C=O) groups is 3. The smallest absolute Gasteiger partial charge is 0.317 e. The molecule has 2 aliphatic rings. The molecule has 1 aromatic rings. The first-order valence-electron chi connectivity index (χ1n) is 8.20. The Morgan fingerprint density at radius 2 is 1.96 bits per heavy atom. The Morgan fingerprint density at radius 1 is 1.27 bits per heavy atom. The van der Waals surface area contributed by atoms with Gasteiger partial charge >= 0.3 is 5.97 Å². The van der Waals surface area contributed by atoms with E-state index in [2.05, 4.69) is 4.98 Å². The van der Waals surface area contributed by atoms with Crippen molar-refractivity contribution in [2.24, 2.45) is 5.92 Å². The third-order valence-corrected chi connectivity index (χ3v) is 4.26. The SMILES string of the molecule is Cc1nc(C)c(C(=O)N2C[C@H]3COC[C@@H]2CN(CC(=O)O)C3)o1.O=CO. The molecule has 0 aliphatic carbocycles. The molecule has 2 saturated heterocycles. The van der Waals surface area contributed by atoms with Crippen molar-refractivity contribution in [1.29, 1.82) is 0 Å². The number of nitrogens with zero attached hydrogens (tertiary/aromatic N) is 3. The Bertz CT molecular complexity index is 660. The van der Waals surface area contributed by atoms with E-state index in [0.29, 0.717) is 44.4 Å². The normalized spacial score (nSPS) is 22.8. The van der Waals surface area contributed by atoms with Crippen LogP contribution in [0.2, 0.25) is 0 Å². The van der Waals surface area contributed by atoms with Gasteiger partial charge in [0.1, 0.15) is 0 Å². The summed E-state index contributed by atoms with van der Waals surface area (Å²) in [6.45, 7) is 5.77. The van der Waals surface area contributed by atoms with Gasteiger partial charge in [-0.3, -0.25) is 19.3 Å². The van der Waals surface area contributed by atoms with Crippen molar-refractivity contribution < 1.29 is 33.8 Å².